The standard InChI is InChI=1S/C10H22ClNO2S/c1-8(2)6-9(3)12(5)15(13,14)10(4)7-11/h8-10H,6-7H2,1-5H3. The zero-order chi connectivity index (χ0) is 12.2. The van der Waals surface area contributed by atoms with Crippen molar-refractivity contribution >= 4 is 21.6 Å². The van der Waals surface area contributed by atoms with Crippen LogP contribution in [-0.4, -0.2) is 36.9 Å². The van der Waals surface area contributed by atoms with Crippen molar-refractivity contribution in [2.45, 2.75) is 45.4 Å². The SMILES string of the molecule is CC(C)CC(C)N(C)S(=O)(=O)C(C)CCl. The summed E-state index contributed by atoms with van der Waals surface area (Å²) in [6, 6.07) is 0.0284. The van der Waals surface area contributed by atoms with Crippen molar-refractivity contribution in [3.05, 3.63) is 0 Å². The van der Waals surface area contributed by atoms with Gasteiger partial charge in [0.15, 0.2) is 0 Å². The van der Waals surface area contributed by atoms with E-state index in [1.165, 1.54) is 4.31 Å². The first kappa shape index (κ1) is 15.2. The highest BCUT2D eigenvalue weighted by molar-refractivity contribution is 7.89. The first-order valence-corrected chi connectivity index (χ1v) is 7.30. The van der Waals surface area contributed by atoms with E-state index in [-0.39, 0.29) is 11.9 Å². The van der Waals surface area contributed by atoms with Crippen LogP contribution in [0.15, 0.2) is 0 Å². The average Bonchev–Trinajstić information content (AvgIpc) is 2.13. The molecular weight excluding hydrogens is 234 g/mol. The largest absolute Gasteiger partial charge is 0.217 e. The van der Waals surface area contributed by atoms with Crippen molar-refractivity contribution in [1.29, 1.82) is 0 Å². The molecule has 0 N–H and O–H groups in total. The molecule has 2 unspecified atom stereocenters. The smallest absolute Gasteiger partial charge is 0.212 e. The molecule has 0 saturated carbocycles. The van der Waals surface area contributed by atoms with Gasteiger partial charge in [-0.2, -0.15) is 0 Å². The van der Waals surface area contributed by atoms with Crippen LogP contribution < -0.4 is 0 Å². The fraction of sp³-hybridized carbons (Fsp3) is 1.00. The first-order valence-electron chi connectivity index (χ1n) is 5.26. The molecule has 15 heavy (non-hydrogen) atoms. The molecule has 92 valence electrons. The van der Waals surface area contributed by atoms with Gasteiger partial charge in [0, 0.05) is 19.0 Å². The molecule has 0 saturated heterocycles. The summed E-state index contributed by atoms with van der Waals surface area (Å²) >= 11 is 5.59. The van der Waals surface area contributed by atoms with Gasteiger partial charge in [-0.1, -0.05) is 13.8 Å². The monoisotopic (exact) mass is 255 g/mol. The number of rotatable bonds is 6. The number of nitrogens with zero attached hydrogens (tertiary/aromatic N) is 1. The molecule has 0 aliphatic heterocycles. The summed E-state index contributed by atoms with van der Waals surface area (Å²) in [4.78, 5) is 0. The minimum Gasteiger partial charge on any atom is -0.212 e. The van der Waals surface area contributed by atoms with Crippen LogP contribution in [0.3, 0.4) is 0 Å². The molecule has 0 amide bonds. The van der Waals surface area contributed by atoms with Crippen molar-refractivity contribution < 1.29 is 8.42 Å². The van der Waals surface area contributed by atoms with E-state index in [4.69, 9.17) is 11.6 Å². The van der Waals surface area contributed by atoms with E-state index in [1.54, 1.807) is 14.0 Å². The van der Waals surface area contributed by atoms with Crippen molar-refractivity contribution in [3.8, 4) is 0 Å². The second-order valence-corrected chi connectivity index (χ2v) is 7.22. The lowest BCUT2D eigenvalue weighted by molar-refractivity contribution is 0.335. The molecule has 0 aromatic heterocycles. The van der Waals surface area contributed by atoms with Gasteiger partial charge in [0.05, 0.1) is 5.25 Å². The molecule has 0 aromatic carbocycles. The normalized spacial score (nSPS) is 17.1. The summed E-state index contributed by atoms with van der Waals surface area (Å²) in [5.74, 6) is 0.630. The van der Waals surface area contributed by atoms with E-state index in [0.29, 0.717) is 5.92 Å². The number of hydrogen-bond donors (Lipinski definition) is 0. The molecule has 0 bridgehead atoms. The average molecular weight is 256 g/mol. The van der Waals surface area contributed by atoms with Crippen molar-refractivity contribution in [2.75, 3.05) is 12.9 Å². The third-order valence-electron chi connectivity index (χ3n) is 2.56. The van der Waals surface area contributed by atoms with Gasteiger partial charge in [-0.05, 0) is 26.2 Å². The third kappa shape index (κ3) is 4.29. The molecule has 0 aromatic rings. The molecule has 0 aliphatic carbocycles. The maximum atomic E-state index is 11.9. The lowest BCUT2D eigenvalue weighted by Crippen LogP contribution is -2.41. The Hall–Kier alpha value is 0.200. The van der Waals surface area contributed by atoms with Crippen molar-refractivity contribution in [2.24, 2.45) is 5.92 Å². The Bertz CT molecular complexity index is 277. The molecule has 0 fully saturated rings. The fourth-order valence-electron chi connectivity index (χ4n) is 1.44. The van der Waals surface area contributed by atoms with Gasteiger partial charge < -0.3 is 0 Å². The summed E-state index contributed by atoms with van der Waals surface area (Å²) in [5, 5.41) is -0.515. The molecule has 5 heteroatoms. The summed E-state index contributed by atoms with van der Waals surface area (Å²) < 4.78 is 25.3. The summed E-state index contributed by atoms with van der Waals surface area (Å²) in [6.07, 6.45) is 0.866. The lowest BCUT2D eigenvalue weighted by atomic mass is 10.1. The maximum absolute atomic E-state index is 11.9. The number of sulfonamides is 1. The highest BCUT2D eigenvalue weighted by Gasteiger charge is 2.28. The number of hydrogen-bond acceptors (Lipinski definition) is 2. The van der Waals surface area contributed by atoms with Crippen LogP contribution >= 0.6 is 11.6 Å². The summed E-state index contributed by atoms with van der Waals surface area (Å²) in [7, 11) is -1.60. The van der Waals surface area contributed by atoms with Gasteiger partial charge >= 0.3 is 0 Å². The van der Waals surface area contributed by atoms with E-state index in [9.17, 15) is 8.42 Å². The molecular formula is C10H22ClNO2S. The van der Waals surface area contributed by atoms with Crippen LogP contribution in [0, 0.1) is 5.92 Å². The van der Waals surface area contributed by atoms with E-state index in [2.05, 4.69) is 13.8 Å². The second kappa shape index (κ2) is 6.06. The van der Waals surface area contributed by atoms with Gasteiger partial charge in [-0.3, -0.25) is 0 Å². The third-order valence-corrected chi connectivity index (χ3v) is 5.55. The predicted octanol–water partition coefficient (Wildman–Crippen LogP) is 2.31. The Morgan fingerprint density at radius 1 is 1.20 bits per heavy atom. The number of alkyl halides is 1. The molecule has 0 radical (unpaired) electrons. The molecule has 2 atom stereocenters. The Morgan fingerprint density at radius 2 is 1.67 bits per heavy atom. The van der Waals surface area contributed by atoms with Crippen LogP contribution in [0.1, 0.15) is 34.1 Å². The molecule has 0 aliphatic rings. The van der Waals surface area contributed by atoms with Crippen LogP contribution in [0.4, 0.5) is 0 Å². The van der Waals surface area contributed by atoms with E-state index < -0.39 is 15.3 Å². The van der Waals surface area contributed by atoms with E-state index in [0.717, 1.165) is 6.42 Å². The maximum Gasteiger partial charge on any atom is 0.217 e. The zero-order valence-electron chi connectivity index (χ0n) is 10.2. The van der Waals surface area contributed by atoms with Crippen LogP contribution in [0.25, 0.3) is 0 Å². The molecule has 0 spiro atoms. The van der Waals surface area contributed by atoms with Crippen LogP contribution in [0.2, 0.25) is 0 Å². The van der Waals surface area contributed by atoms with Crippen molar-refractivity contribution in [1.82, 2.24) is 4.31 Å². The van der Waals surface area contributed by atoms with Gasteiger partial charge in [0.1, 0.15) is 0 Å². The van der Waals surface area contributed by atoms with E-state index >= 15 is 0 Å². The highest BCUT2D eigenvalue weighted by Crippen LogP contribution is 2.16. The Morgan fingerprint density at radius 3 is 2.00 bits per heavy atom. The predicted molar refractivity (Wildman–Crippen MR) is 65.8 cm³/mol. The minimum absolute atomic E-state index is 0.0284. The molecule has 0 heterocycles. The van der Waals surface area contributed by atoms with Crippen molar-refractivity contribution in [3.63, 3.8) is 0 Å². The fourth-order valence-corrected chi connectivity index (χ4v) is 3.24. The highest BCUT2D eigenvalue weighted by atomic mass is 35.5. The quantitative estimate of drug-likeness (QED) is 0.683. The minimum atomic E-state index is -3.23. The Labute approximate surface area is 98.8 Å². The second-order valence-electron chi connectivity index (χ2n) is 4.50. The van der Waals surface area contributed by atoms with Gasteiger partial charge in [-0.25, -0.2) is 12.7 Å². The van der Waals surface area contributed by atoms with Crippen LogP contribution in [0.5, 0.6) is 0 Å². The Kier molecular flexibility index (Phi) is 6.14. The summed E-state index contributed by atoms with van der Waals surface area (Å²) in [6.45, 7) is 7.74. The first-order chi connectivity index (χ1) is 6.73. The topological polar surface area (TPSA) is 37.4 Å². The molecule has 0 rings (SSSR count). The Balaban J connectivity index is 4.62. The van der Waals surface area contributed by atoms with Gasteiger partial charge in [0.2, 0.25) is 10.0 Å². The summed E-state index contributed by atoms with van der Waals surface area (Å²) in [5.41, 5.74) is 0. The number of halogens is 1. The van der Waals surface area contributed by atoms with Gasteiger partial charge in [-0.15, -0.1) is 11.6 Å². The lowest BCUT2D eigenvalue weighted by Gasteiger charge is -2.27. The van der Waals surface area contributed by atoms with Gasteiger partial charge in [0.25, 0.3) is 0 Å². The van der Waals surface area contributed by atoms with Crippen LogP contribution in [-0.2, 0) is 10.0 Å². The molecule has 3 nitrogen and oxygen atoms in total. The van der Waals surface area contributed by atoms with E-state index in [1.807, 2.05) is 6.92 Å². The zero-order valence-corrected chi connectivity index (χ0v) is 11.8.